The number of aromatic nitrogens is 1. The number of hydrogen-bond acceptors (Lipinski definition) is 6. The third kappa shape index (κ3) is 5.21. The number of hydrogen-bond donors (Lipinski definition) is 2. The van der Waals surface area contributed by atoms with Gasteiger partial charge >= 0.3 is 12.0 Å². The number of fused-ring (bicyclic) bond motifs is 1. The van der Waals surface area contributed by atoms with Crippen molar-refractivity contribution in [1.29, 1.82) is 0 Å². The zero-order valence-electron chi connectivity index (χ0n) is 16.9. The van der Waals surface area contributed by atoms with E-state index in [9.17, 15) is 14.4 Å². The number of urea groups is 1. The molecule has 2 N–H and O–H groups in total. The molecule has 156 valence electrons. The number of nitrogens with one attached hydrogen (secondary N) is 2. The number of carbonyl (C=O) groups is 3. The summed E-state index contributed by atoms with van der Waals surface area (Å²) in [6.45, 7) is 3.59. The highest BCUT2D eigenvalue weighted by molar-refractivity contribution is 7.09. The molecule has 3 aromatic rings. The third-order valence-corrected chi connectivity index (χ3v) is 5.53. The van der Waals surface area contributed by atoms with Crippen LogP contribution < -0.4 is 10.6 Å². The Bertz CT molecular complexity index is 1060. The monoisotopic (exact) mass is 425 g/mol. The minimum absolute atomic E-state index is 0.365. The van der Waals surface area contributed by atoms with Crippen molar-refractivity contribution < 1.29 is 19.1 Å². The van der Waals surface area contributed by atoms with Gasteiger partial charge in [0.05, 0.1) is 16.8 Å². The number of pyridine rings is 1. The first-order valence-electron chi connectivity index (χ1n) is 9.65. The number of carbonyl (C=O) groups excluding carboxylic acids is 3. The van der Waals surface area contributed by atoms with Crippen LogP contribution in [0.4, 0.5) is 4.79 Å². The molecule has 7 nitrogen and oxygen atoms in total. The SMILES string of the molecule is CCc1nc2ccccc2c(C)c1C(=O)OCC(=O)NC(=O)NCCc1cccs1. The summed E-state index contributed by atoms with van der Waals surface area (Å²) in [5.41, 5.74) is 2.54. The van der Waals surface area contributed by atoms with Crippen LogP contribution in [0.2, 0.25) is 0 Å². The number of amides is 3. The van der Waals surface area contributed by atoms with Gasteiger partial charge in [0.1, 0.15) is 0 Å². The van der Waals surface area contributed by atoms with Crippen LogP contribution in [0.25, 0.3) is 10.9 Å². The molecule has 0 atom stereocenters. The first-order chi connectivity index (χ1) is 14.5. The summed E-state index contributed by atoms with van der Waals surface area (Å²) >= 11 is 1.60. The van der Waals surface area contributed by atoms with Gasteiger partial charge in [-0.2, -0.15) is 0 Å². The Kier molecular flexibility index (Phi) is 7.13. The lowest BCUT2D eigenvalue weighted by molar-refractivity contribution is -0.123. The quantitative estimate of drug-likeness (QED) is 0.566. The molecule has 0 saturated heterocycles. The lowest BCUT2D eigenvalue weighted by atomic mass is 10.0. The Morgan fingerprint density at radius 2 is 1.93 bits per heavy atom. The average Bonchev–Trinajstić information content (AvgIpc) is 3.25. The van der Waals surface area contributed by atoms with Gasteiger partial charge in [-0.25, -0.2) is 9.59 Å². The molecule has 0 spiro atoms. The van der Waals surface area contributed by atoms with E-state index in [1.807, 2.05) is 55.6 Å². The number of imide groups is 1. The Morgan fingerprint density at radius 3 is 2.67 bits per heavy atom. The maximum atomic E-state index is 12.6. The topological polar surface area (TPSA) is 97.4 Å². The van der Waals surface area contributed by atoms with E-state index in [0.717, 1.165) is 21.3 Å². The number of thiophene rings is 1. The van der Waals surface area contributed by atoms with E-state index in [1.165, 1.54) is 0 Å². The molecule has 2 heterocycles. The molecule has 0 fully saturated rings. The van der Waals surface area contributed by atoms with E-state index in [1.54, 1.807) is 11.3 Å². The molecule has 0 aliphatic heterocycles. The van der Waals surface area contributed by atoms with Gasteiger partial charge in [0.25, 0.3) is 5.91 Å². The van der Waals surface area contributed by atoms with Gasteiger partial charge in [-0.3, -0.25) is 15.1 Å². The average molecular weight is 426 g/mol. The standard InChI is InChI=1S/C22H23N3O4S/c1-3-17-20(14(2)16-8-4-5-9-18(16)24-17)21(27)29-13-19(26)25-22(28)23-11-10-15-7-6-12-30-15/h4-9,12H,3,10-11,13H2,1-2H3,(H2,23,25,26,28). The molecular weight excluding hydrogens is 402 g/mol. The Morgan fingerprint density at radius 1 is 1.13 bits per heavy atom. The largest absolute Gasteiger partial charge is 0.452 e. The van der Waals surface area contributed by atoms with Crippen LogP contribution in [-0.2, 0) is 22.4 Å². The predicted molar refractivity (Wildman–Crippen MR) is 116 cm³/mol. The normalized spacial score (nSPS) is 10.6. The van der Waals surface area contributed by atoms with Crippen molar-refractivity contribution in [2.75, 3.05) is 13.2 Å². The first-order valence-corrected chi connectivity index (χ1v) is 10.5. The minimum Gasteiger partial charge on any atom is -0.452 e. The minimum atomic E-state index is -0.693. The molecule has 3 amide bonds. The fourth-order valence-corrected chi connectivity index (χ4v) is 3.84. The smallest absolute Gasteiger partial charge is 0.340 e. The summed E-state index contributed by atoms with van der Waals surface area (Å²) < 4.78 is 5.16. The van der Waals surface area contributed by atoms with E-state index in [2.05, 4.69) is 15.6 Å². The Labute approximate surface area is 178 Å². The maximum absolute atomic E-state index is 12.6. The molecule has 1 aromatic carbocycles. The first kappa shape index (κ1) is 21.4. The molecule has 0 bridgehead atoms. The van der Waals surface area contributed by atoms with E-state index in [4.69, 9.17) is 4.74 Å². The summed E-state index contributed by atoms with van der Waals surface area (Å²) in [5.74, 6) is -1.32. The van der Waals surface area contributed by atoms with Crippen LogP contribution in [0.1, 0.15) is 33.4 Å². The number of rotatable bonds is 7. The van der Waals surface area contributed by atoms with Crippen LogP contribution in [0.3, 0.4) is 0 Å². The van der Waals surface area contributed by atoms with Crippen LogP contribution in [0, 0.1) is 6.92 Å². The zero-order valence-corrected chi connectivity index (χ0v) is 17.7. The maximum Gasteiger partial charge on any atom is 0.340 e. The molecular formula is C22H23N3O4S. The van der Waals surface area contributed by atoms with E-state index in [0.29, 0.717) is 30.6 Å². The van der Waals surface area contributed by atoms with Gasteiger partial charge in [-0.05, 0) is 42.8 Å². The van der Waals surface area contributed by atoms with Crippen molar-refractivity contribution in [1.82, 2.24) is 15.6 Å². The fraction of sp³-hybridized carbons (Fsp3) is 0.273. The van der Waals surface area contributed by atoms with E-state index >= 15 is 0 Å². The molecule has 0 unspecified atom stereocenters. The molecule has 2 aromatic heterocycles. The summed E-state index contributed by atoms with van der Waals surface area (Å²) in [7, 11) is 0. The van der Waals surface area contributed by atoms with Crippen LogP contribution >= 0.6 is 11.3 Å². The highest BCUT2D eigenvalue weighted by Crippen LogP contribution is 2.24. The Hall–Kier alpha value is -3.26. The number of aryl methyl sites for hydroxylation is 2. The van der Waals surface area contributed by atoms with Crippen LogP contribution in [0.5, 0.6) is 0 Å². The van der Waals surface area contributed by atoms with Gasteiger partial charge < -0.3 is 10.1 Å². The van der Waals surface area contributed by atoms with Crippen molar-refractivity contribution in [2.24, 2.45) is 0 Å². The predicted octanol–water partition coefficient (Wildman–Crippen LogP) is 3.39. The summed E-state index contributed by atoms with van der Waals surface area (Å²) in [6.07, 6.45) is 1.23. The van der Waals surface area contributed by atoms with Crippen molar-refractivity contribution in [3.63, 3.8) is 0 Å². The Balaban J connectivity index is 1.55. The van der Waals surface area contributed by atoms with E-state index < -0.39 is 24.5 Å². The molecule has 0 radical (unpaired) electrons. The molecule has 30 heavy (non-hydrogen) atoms. The second-order valence-corrected chi connectivity index (χ2v) is 7.67. The molecule has 0 aliphatic carbocycles. The summed E-state index contributed by atoms with van der Waals surface area (Å²) in [4.78, 5) is 42.1. The molecule has 0 saturated carbocycles. The number of nitrogens with zero attached hydrogens (tertiary/aromatic N) is 1. The molecule has 0 aliphatic rings. The van der Waals surface area contributed by atoms with E-state index in [-0.39, 0.29) is 0 Å². The highest BCUT2D eigenvalue weighted by Gasteiger charge is 2.20. The van der Waals surface area contributed by atoms with Crippen LogP contribution in [-0.4, -0.2) is 36.0 Å². The lowest BCUT2D eigenvalue weighted by Gasteiger charge is -2.13. The second-order valence-electron chi connectivity index (χ2n) is 6.64. The van der Waals surface area contributed by atoms with Gasteiger partial charge in [-0.1, -0.05) is 31.2 Å². The summed E-state index contributed by atoms with van der Waals surface area (Å²) in [5, 5.41) is 7.59. The van der Waals surface area contributed by atoms with Crippen LogP contribution in [0.15, 0.2) is 41.8 Å². The highest BCUT2D eigenvalue weighted by atomic mass is 32.1. The number of para-hydroxylation sites is 1. The second kappa shape index (κ2) is 9.98. The van der Waals surface area contributed by atoms with Crippen molar-refractivity contribution in [3.05, 3.63) is 63.5 Å². The molecule has 8 heteroatoms. The van der Waals surface area contributed by atoms with Gasteiger partial charge in [-0.15, -0.1) is 11.3 Å². The zero-order chi connectivity index (χ0) is 21.5. The number of ether oxygens (including phenoxy) is 1. The summed E-state index contributed by atoms with van der Waals surface area (Å²) in [6, 6.07) is 10.8. The van der Waals surface area contributed by atoms with Gasteiger partial charge in [0.15, 0.2) is 6.61 Å². The van der Waals surface area contributed by atoms with Gasteiger partial charge in [0, 0.05) is 16.8 Å². The lowest BCUT2D eigenvalue weighted by Crippen LogP contribution is -2.42. The van der Waals surface area contributed by atoms with Gasteiger partial charge in [0.2, 0.25) is 0 Å². The number of benzene rings is 1. The fourth-order valence-electron chi connectivity index (χ4n) is 3.13. The van der Waals surface area contributed by atoms with Crippen molar-refractivity contribution in [3.8, 4) is 0 Å². The third-order valence-electron chi connectivity index (χ3n) is 4.59. The number of esters is 1. The molecule has 3 rings (SSSR count). The van der Waals surface area contributed by atoms with Crippen molar-refractivity contribution in [2.45, 2.75) is 26.7 Å². The van der Waals surface area contributed by atoms with Crippen molar-refractivity contribution >= 4 is 40.1 Å².